The minimum atomic E-state index is -1.29. The number of unbranched alkanes of at least 4 members (excludes halogenated alkanes) is 2. The molecule has 2 saturated heterocycles. The van der Waals surface area contributed by atoms with Gasteiger partial charge in [-0.3, -0.25) is 24.1 Å². The van der Waals surface area contributed by atoms with Gasteiger partial charge in [0.05, 0.1) is 5.56 Å². The van der Waals surface area contributed by atoms with E-state index in [0.717, 1.165) is 68.2 Å². The number of fused-ring (bicyclic) bond motifs is 1. The second-order valence-corrected chi connectivity index (χ2v) is 19.7. The van der Waals surface area contributed by atoms with E-state index in [1.165, 1.54) is 11.3 Å². The Bertz CT molecular complexity index is 1540. The van der Waals surface area contributed by atoms with Gasteiger partial charge in [-0.2, -0.15) is 0 Å². The number of aromatic nitrogens is 1. The standard InChI is InChI=1S/C36H47N5O5Si/c1-47(2,3)22-21-46-25-41-33(42)16-14-31(36(41)45)40-24-30-27(11-8-12-29(30)35(40)44)10-7-5-4-6-9-26-17-19-39(20-18-26)32-15-13-28(23-38-32)34(37)43/h8,11-13,15,23,26,31H,4-6,9,14,16-22,24-25H2,1-3H3,(H2,37,43). The van der Waals surface area contributed by atoms with Crippen LogP contribution in [0.5, 0.6) is 0 Å². The van der Waals surface area contributed by atoms with Crippen LogP contribution in [0.25, 0.3) is 0 Å². The van der Waals surface area contributed by atoms with E-state index in [9.17, 15) is 19.2 Å². The Morgan fingerprint density at radius 2 is 1.85 bits per heavy atom. The maximum absolute atomic E-state index is 13.4. The molecular weight excluding hydrogens is 611 g/mol. The molecule has 5 rings (SSSR count). The van der Waals surface area contributed by atoms with Crippen molar-refractivity contribution in [2.75, 3.05) is 31.3 Å². The first kappa shape index (κ1) is 34.3. The van der Waals surface area contributed by atoms with Gasteiger partial charge in [0.25, 0.3) is 11.8 Å². The fraction of sp³-hybridized carbons (Fsp3) is 0.528. The number of nitrogens with two attached hydrogens (primary N) is 1. The lowest BCUT2D eigenvalue weighted by molar-refractivity contribution is -0.158. The minimum Gasteiger partial charge on any atom is -0.366 e. The van der Waals surface area contributed by atoms with Crippen LogP contribution < -0.4 is 10.6 Å². The van der Waals surface area contributed by atoms with E-state index in [1.54, 1.807) is 23.2 Å². The van der Waals surface area contributed by atoms with Crippen LogP contribution in [0.2, 0.25) is 25.7 Å². The van der Waals surface area contributed by atoms with Crippen LogP contribution in [-0.2, 0) is 20.9 Å². The summed E-state index contributed by atoms with van der Waals surface area (Å²) in [5, 5.41) is 0. The molecule has 0 radical (unpaired) electrons. The first-order valence-corrected chi connectivity index (χ1v) is 20.6. The highest BCUT2D eigenvalue weighted by atomic mass is 28.3. The predicted molar refractivity (Wildman–Crippen MR) is 183 cm³/mol. The van der Waals surface area contributed by atoms with Crippen molar-refractivity contribution < 1.29 is 23.9 Å². The van der Waals surface area contributed by atoms with Gasteiger partial charge < -0.3 is 20.3 Å². The zero-order chi connectivity index (χ0) is 33.6. The Morgan fingerprint density at radius 3 is 2.55 bits per heavy atom. The normalized spacial score (nSPS) is 18.7. The van der Waals surface area contributed by atoms with Crippen LogP contribution in [0.4, 0.5) is 5.82 Å². The summed E-state index contributed by atoms with van der Waals surface area (Å²) in [5.41, 5.74) is 8.02. The molecule has 47 heavy (non-hydrogen) atoms. The number of likely N-dealkylation sites (tertiary alicyclic amines) is 1. The molecule has 250 valence electrons. The van der Waals surface area contributed by atoms with Gasteiger partial charge in [0.2, 0.25) is 11.8 Å². The van der Waals surface area contributed by atoms with E-state index in [2.05, 4.69) is 41.4 Å². The third-order valence-electron chi connectivity index (χ3n) is 9.43. The van der Waals surface area contributed by atoms with Crippen molar-refractivity contribution >= 4 is 37.5 Å². The van der Waals surface area contributed by atoms with Crippen LogP contribution in [0, 0.1) is 17.8 Å². The molecule has 2 aromatic rings. The summed E-state index contributed by atoms with van der Waals surface area (Å²) >= 11 is 0. The topological polar surface area (TPSA) is 126 Å². The van der Waals surface area contributed by atoms with E-state index in [0.29, 0.717) is 36.6 Å². The number of rotatable bonds is 12. The average Bonchev–Trinajstić information content (AvgIpc) is 3.38. The van der Waals surface area contributed by atoms with E-state index in [-0.39, 0.29) is 30.9 Å². The molecule has 0 spiro atoms. The second-order valence-electron chi connectivity index (χ2n) is 14.1. The van der Waals surface area contributed by atoms with Crippen molar-refractivity contribution in [2.24, 2.45) is 11.7 Å². The van der Waals surface area contributed by atoms with Crippen LogP contribution in [0.3, 0.4) is 0 Å². The van der Waals surface area contributed by atoms with Crippen molar-refractivity contribution in [3.63, 3.8) is 0 Å². The number of hydrogen-bond donors (Lipinski definition) is 1. The Balaban J connectivity index is 1.08. The molecule has 3 aliphatic rings. The monoisotopic (exact) mass is 657 g/mol. The van der Waals surface area contributed by atoms with Crippen molar-refractivity contribution in [1.82, 2.24) is 14.8 Å². The smallest absolute Gasteiger partial charge is 0.255 e. The Morgan fingerprint density at radius 1 is 1.06 bits per heavy atom. The molecule has 2 N–H and O–H groups in total. The highest BCUT2D eigenvalue weighted by Crippen LogP contribution is 2.31. The number of benzene rings is 1. The number of hydrogen-bond acceptors (Lipinski definition) is 7. The molecule has 0 aliphatic carbocycles. The number of ether oxygens (including phenoxy) is 1. The molecule has 1 aromatic carbocycles. The van der Waals surface area contributed by atoms with Gasteiger partial charge >= 0.3 is 0 Å². The zero-order valence-corrected chi connectivity index (χ0v) is 28.9. The maximum atomic E-state index is 13.4. The number of primary amides is 1. The summed E-state index contributed by atoms with van der Waals surface area (Å²) in [4.78, 5) is 60.2. The van der Waals surface area contributed by atoms with E-state index < -0.39 is 20.0 Å². The summed E-state index contributed by atoms with van der Waals surface area (Å²) in [6.07, 6.45) is 8.41. The Hall–Kier alpha value is -4.01. The van der Waals surface area contributed by atoms with Crippen LogP contribution >= 0.6 is 0 Å². The fourth-order valence-electron chi connectivity index (χ4n) is 6.48. The summed E-state index contributed by atoms with van der Waals surface area (Å²) in [7, 11) is -1.29. The highest BCUT2D eigenvalue weighted by molar-refractivity contribution is 6.76. The van der Waals surface area contributed by atoms with Crippen LogP contribution in [0.1, 0.15) is 83.2 Å². The summed E-state index contributed by atoms with van der Waals surface area (Å²) in [6, 6.07) is 9.46. The third kappa shape index (κ3) is 8.67. The molecule has 1 unspecified atom stereocenters. The molecule has 3 aliphatic heterocycles. The summed E-state index contributed by atoms with van der Waals surface area (Å²) in [6.45, 7) is 9.43. The quantitative estimate of drug-likeness (QED) is 0.151. The van der Waals surface area contributed by atoms with Crippen LogP contribution in [0.15, 0.2) is 36.5 Å². The third-order valence-corrected chi connectivity index (χ3v) is 11.1. The Kier molecular flexibility index (Phi) is 11.1. The number of carbonyl (C=O) groups excluding carboxylic acids is 4. The number of carbonyl (C=O) groups is 4. The second kappa shape index (κ2) is 15.3. The molecule has 10 nitrogen and oxygen atoms in total. The predicted octanol–water partition coefficient (Wildman–Crippen LogP) is 4.79. The maximum Gasteiger partial charge on any atom is 0.255 e. The largest absolute Gasteiger partial charge is 0.366 e. The number of piperidine rings is 2. The van der Waals surface area contributed by atoms with Gasteiger partial charge in [0.1, 0.15) is 18.6 Å². The van der Waals surface area contributed by atoms with Gasteiger partial charge in [0.15, 0.2) is 0 Å². The highest BCUT2D eigenvalue weighted by Gasteiger charge is 2.43. The van der Waals surface area contributed by atoms with Gasteiger partial charge in [-0.05, 0) is 67.5 Å². The van der Waals surface area contributed by atoms with Gasteiger partial charge in [-0.25, -0.2) is 4.98 Å². The molecule has 11 heteroatoms. The first-order valence-electron chi connectivity index (χ1n) is 16.9. The lowest BCUT2D eigenvalue weighted by Crippen LogP contribution is -2.55. The van der Waals surface area contributed by atoms with Crippen molar-refractivity contribution in [1.29, 1.82) is 0 Å². The van der Waals surface area contributed by atoms with Crippen molar-refractivity contribution in [3.8, 4) is 11.8 Å². The molecule has 4 heterocycles. The lowest BCUT2D eigenvalue weighted by atomic mass is 9.91. The SMILES string of the molecule is C[Si](C)(C)CCOCN1C(=O)CCC(N2Cc3c(C#CCCCCC4CCN(c5ccc(C(N)=O)cn5)CC4)cccc3C2=O)C1=O. The number of pyridine rings is 1. The molecule has 1 aromatic heterocycles. The molecule has 0 bridgehead atoms. The summed E-state index contributed by atoms with van der Waals surface area (Å²) < 4.78 is 5.73. The lowest BCUT2D eigenvalue weighted by Gasteiger charge is -2.35. The van der Waals surface area contributed by atoms with Gasteiger partial charge in [-0.15, -0.1) is 0 Å². The van der Waals surface area contributed by atoms with Crippen molar-refractivity contribution in [3.05, 3.63) is 58.8 Å². The molecule has 2 fully saturated rings. The first-order chi connectivity index (χ1) is 22.5. The van der Waals surface area contributed by atoms with Crippen LogP contribution in [-0.4, -0.2) is 79.0 Å². The van der Waals surface area contributed by atoms with E-state index >= 15 is 0 Å². The zero-order valence-electron chi connectivity index (χ0n) is 27.9. The molecule has 1 atom stereocenters. The average molecular weight is 658 g/mol. The van der Waals surface area contributed by atoms with Gasteiger partial charge in [0, 0.05) is 64.5 Å². The molecular formula is C36H47N5O5Si. The Labute approximate surface area is 279 Å². The minimum absolute atomic E-state index is 0.0604. The molecule has 4 amide bonds. The van der Waals surface area contributed by atoms with E-state index in [1.807, 2.05) is 18.2 Å². The van der Waals surface area contributed by atoms with E-state index in [4.69, 9.17) is 10.5 Å². The number of imide groups is 1. The van der Waals surface area contributed by atoms with Crippen molar-refractivity contribution in [2.45, 2.75) is 89.6 Å². The fourth-order valence-corrected chi connectivity index (χ4v) is 7.23. The summed E-state index contributed by atoms with van der Waals surface area (Å²) in [5.74, 6) is 6.95. The number of amides is 4. The van der Waals surface area contributed by atoms with Gasteiger partial charge in [-0.1, -0.05) is 50.4 Å². The number of anilines is 1. The molecule has 0 saturated carbocycles. The number of nitrogens with zero attached hydrogens (tertiary/aromatic N) is 4.